The fourth-order valence-corrected chi connectivity index (χ4v) is 3.83. The molecule has 1 aromatic carbocycles. The largest absolute Gasteiger partial charge is 0.442 e. The van der Waals surface area contributed by atoms with Gasteiger partial charge in [0, 0.05) is 20.0 Å². The van der Waals surface area contributed by atoms with Crippen LogP contribution in [0.3, 0.4) is 0 Å². The lowest BCUT2D eigenvalue weighted by atomic mass is 9.97. The Morgan fingerprint density at radius 1 is 1.43 bits per heavy atom. The van der Waals surface area contributed by atoms with Crippen molar-refractivity contribution in [3.63, 3.8) is 0 Å². The van der Waals surface area contributed by atoms with Crippen molar-refractivity contribution in [2.45, 2.75) is 45.3 Å². The van der Waals surface area contributed by atoms with Crippen LogP contribution in [0.25, 0.3) is 0 Å². The minimum Gasteiger partial charge on any atom is -0.442 e. The zero-order chi connectivity index (χ0) is 20.3. The maximum Gasteiger partial charge on any atom is 0.414 e. The smallest absolute Gasteiger partial charge is 0.414 e. The molecule has 8 heteroatoms. The number of benzene rings is 1. The van der Waals surface area contributed by atoms with Gasteiger partial charge in [-0.05, 0) is 31.5 Å². The number of amides is 2. The molecular weight excluding hydrogens is 365 g/mol. The van der Waals surface area contributed by atoms with E-state index in [1.165, 1.54) is 17.9 Å². The van der Waals surface area contributed by atoms with Gasteiger partial charge >= 0.3 is 6.09 Å². The van der Waals surface area contributed by atoms with Gasteiger partial charge in [0.2, 0.25) is 5.91 Å². The molecule has 2 saturated heterocycles. The highest BCUT2D eigenvalue weighted by Crippen LogP contribution is 2.31. The van der Waals surface area contributed by atoms with Crippen molar-refractivity contribution in [2.75, 3.05) is 42.6 Å². The first-order valence-electron chi connectivity index (χ1n) is 9.72. The van der Waals surface area contributed by atoms with E-state index in [9.17, 15) is 14.0 Å². The number of ether oxygens (including phenoxy) is 2. The molecule has 0 radical (unpaired) electrons. The molecular formula is C20H28FN3O4. The lowest BCUT2D eigenvalue weighted by Crippen LogP contribution is -2.50. The first-order valence-corrected chi connectivity index (χ1v) is 9.72. The fraction of sp³-hybridized carbons (Fsp3) is 0.600. The molecule has 2 aliphatic rings. The Kier molecular flexibility index (Phi) is 6.07. The van der Waals surface area contributed by atoms with E-state index in [1.807, 2.05) is 4.90 Å². The molecule has 2 atom stereocenters. The van der Waals surface area contributed by atoms with Gasteiger partial charge in [0.25, 0.3) is 0 Å². The molecule has 1 aromatic rings. The number of halogens is 1. The summed E-state index contributed by atoms with van der Waals surface area (Å²) in [6.45, 7) is 7.89. The SMILES string of the molecule is CCCC1(C)CN(c2ccc(N3C[C@H](CNC(C)=O)OC3=O)cc2F)CCO1. The molecule has 2 fully saturated rings. The molecule has 2 amide bonds. The number of carbonyl (C=O) groups excluding carboxylic acids is 2. The van der Waals surface area contributed by atoms with Gasteiger partial charge in [-0.3, -0.25) is 9.69 Å². The Morgan fingerprint density at radius 2 is 2.21 bits per heavy atom. The summed E-state index contributed by atoms with van der Waals surface area (Å²) in [7, 11) is 0. The second-order valence-corrected chi connectivity index (χ2v) is 7.66. The zero-order valence-corrected chi connectivity index (χ0v) is 16.7. The van der Waals surface area contributed by atoms with Crippen molar-refractivity contribution in [1.82, 2.24) is 5.32 Å². The standard InChI is InChI=1S/C20H28FN3O4/c1-4-7-20(3)13-23(8-9-27-20)18-6-5-15(10-17(18)21)24-12-16(28-19(24)26)11-22-14(2)25/h5-6,10,16H,4,7-9,11-13H2,1-3H3,(H,22,25)/t16-,20?/m0/s1. The van der Waals surface area contributed by atoms with Crippen LogP contribution in [0.4, 0.5) is 20.6 Å². The number of rotatable bonds is 6. The number of cyclic esters (lactones) is 1. The minimum atomic E-state index is -0.538. The van der Waals surface area contributed by atoms with Crippen LogP contribution in [0.5, 0.6) is 0 Å². The van der Waals surface area contributed by atoms with Crippen molar-refractivity contribution in [2.24, 2.45) is 0 Å². The molecule has 1 unspecified atom stereocenters. The molecule has 154 valence electrons. The predicted molar refractivity (Wildman–Crippen MR) is 104 cm³/mol. The van der Waals surface area contributed by atoms with E-state index in [4.69, 9.17) is 9.47 Å². The average Bonchev–Trinajstić information content (AvgIpc) is 3.00. The quantitative estimate of drug-likeness (QED) is 0.805. The van der Waals surface area contributed by atoms with Crippen LogP contribution in [0.15, 0.2) is 18.2 Å². The fourth-order valence-electron chi connectivity index (χ4n) is 3.83. The molecule has 2 heterocycles. The molecule has 0 aromatic heterocycles. The summed E-state index contributed by atoms with van der Waals surface area (Å²) < 4.78 is 26.0. The number of carbonyl (C=O) groups is 2. The van der Waals surface area contributed by atoms with E-state index < -0.39 is 12.2 Å². The normalized spacial score (nSPS) is 25.0. The van der Waals surface area contributed by atoms with Gasteiger partial charge in [-0.1, -0.05) is 13.3 Å². The third-order valence-electron chi connectivity index (χ3n) is 5.15. The summed E-state index contributed by atoms with van der Waals surface area (Å²) in [6.07, 6.45) is 0.929. The second kappa shape index (κ2) is 8.34. The van der Waals surface area contributed by atoms with Gasteiger partial charge in [0.05, 0.1) is 36.7 Å². The van der Waals surface area contributed by atoms with Crippen molar-refractivity contribution < 1.29 is 23.5 Å². The Morgan fingerprint density at radius 3 is 2.89 bits per heavy atom. The predicted octanol–water partition coefficient (Wildman–Crippen LogP) is 2.68. The number of hydrogen-bond donors (Lipinski definition) is 1. The number of nitrogens with one attached hydrogen (secondary N) is 1. The summed E-state index contributed by atoms with van der Waals surface area (Å²) in [4.78, 5) is 26.5. The van der Waals surface area contributed by atoms with Crippen LogP contribution in [-0.2, 0) is 14.3 Å². The van der Waals surface area contributed by atoms with Crippen molar-refractivity contribution in [3.8, 4) is 0 Å². The number of hydrogen-bond acceptors (Lipinski definition) is 5. The van der Waals surface area contributed by atoms with E-state index in [-0.39, 0.29) is 30.4 Å². The second-order valence-electron chi connectivity index (χ2n) is 7.66. The minimum absolute atomic E-state index is 0.189. The number of nitrogens with zero attached hydrogens (tertiary/aromatic N) is 2. The van der Waals surface area contributed by atoms with Gasteiger partial charge in [-0.25, -0.2) is 9.18 Å². The van der Waals surface area contributed by atoms with Crippen LogP contribution in [0.1, 0.15) is 33.6 Å². The molecule has 3 rings (SSSR count). The Hall–Kier alpha value is -2.35. The third-order valence-corrected chi connectivity index (χ3v) is 5.15. The summed E-state index contributed by atoms with van der Waals surface area (Å²) in [5.41, 5.74) is 0.672. The summed E-state index contributed by atoms with van der Waals surface area (Å²) in [6, 6.07) is 4.80. The van der Waals surface area contributed by atoms with Gasteiger partial charge < -0.3 is 19.7 Å². The van der Waals surface area contributed by atoms with Gasteiger partial charge in [-0.2, -0.15) is 0 Å². The van der Waals surface area contributed by atoms with Crippen LogP contribution >= 0.6 is 0 Å². The maximum atomic E-state index is 14.9. The van der Waals surface area contributed by atoms with Crippen molar-refractivity contribution in [3.05, 3.63) is 24.0 Å². The van der Waals surface area contributed by atoms with Crippen LogP contribution in [0.2, 0.25) is 0 Å². The maximum absolute atomic E-state index is 14.9. The monoisotopic (exact) mass is 393 g/mol. The third kappa shape index (κ3) is 4.55. The van der Waals surface area contributed by atoms with E-state index in [0.717, 1.165) is 12.8 Å². The van der Waals surface area contributed by atoms with Gasteiger partial charge in [0.15, 0.2) is 0 Å². The topological polar surface area (TPSA) is 71.1 Å². The van der Waals surface area contributed by atoms with E-state index >= 15 is 0 Å². The number of morpholine rings is 1. The van der Waals surface area contributed by atoms with Crippen LogP contribution in [0, 0.1) is 5.82 Å². The molecule has 7 nitrogen and oxygen atoms in total. The molecule has 0 bridgehead atoms. The lowest BCUT2D eigenvalue weighted by Gasteiger charge is -2.41. The summed E-state index contributed by atoms with van der Waals surface area (Å²) >= 11 is 0. The highest BCUT2D eigenvalue weighted by molar-refractivity contribution is 5.90. The van der Waals surface area contributed by atoms with E-state index in [0.29, 0.717) is 31.1 Å². The first-order chi connectivity index (χ1) is 13.3. The van der Waals surface area contributed by atoms with Crippen LogP contribution in [-0.4, -0.2) is 56.5 Å². The highest BCUT2D eigenvalue weighted by atomic mass is 19.1. The molecule has 0 aliphatic carbocycles. The van der Waals surface area contributed by atoms with Crippen LogP contribution < -0.4 is 15.1 Å². The van der Waals surface area contributed by atoms with Crippen molar-refractivity contribution in [1.29, 1.82) is 0 Å². The molecule has 2 aliphatic heterocycles. The molecule has 1 N–H and O–H groups in total. The van der Waals surface area contributed by atoms with Crippen molar-refractivity contribution >= 4 is 23.4 Å². The number of anilines is 2. The first kappa shape index (κ1) is 20.4. The van der Waals surface area contributed by atoms with Gasteiger partial charge in [0.1, 0.15) is 11.9 Å². The highest BCUT2D eigenvalue weighted by Gasteiger charge is 2.34. The van der Waals surface area contributed by atoms with E-state index in [2.05, 4.69) is 19.2 Å². The zero-order valence-electron chi connectivity index (χ0n) is 16.7. The Balaban J connectivity index is 1.70. The Bertz CT molecular complexity index is 740. The molecule has 0 spiro atoms. The van der Waals surface area contributed by atoms with Gasteiger partial charge in [-0.15, -0.1) is 0 Å². The summed E-state index contributed by atoms with van der Waals surface area (Å²) in [5.74, 6) is -0.568. The molecule has 0 saturated carbocycles. The average molecular weight is 393 g/mol. The Labute approximate surface area is 164 Å². The summed E-state index contributed by atoms with van der Waals surface area (Å²) in [5, 5.41) is 2.63. The molecule has 28 heavy (non-hydrogen) atoms. The lowest BCUT2D eigenvalue weighted by molar-refractivity contribution is -0.119. The van der Waals surface area contributed by atoms with E-state index in [1.54, 1.807) is 12.1 Å².